The first kappa shape index (κ1) is 15.8. The van der Waals surface area contributed by atoms with Crippen LogP contribution in [0.25, 0.3) is 0 Å². The molecule has 1 heterocycles. The summed E-state index contributed by atoms with van der Waals surface area (Å²) in [5.41, 5.74) is 1.06. The third-order valence-corrected chi connectivity index (χ3v) is 3.23. The van der Waals surface area contributed by atoms with E-state index in [0.29, 0.717) is 23.8 Å². The third-order valence-electron chi connectivity index (χ3n) is 2.53. The van der Waals surface area contributed by atoms with Gasteiger partial charge in [0.05, 0.1) is 17.9 Å². The van der Waals surface area contributed by atoms with Crippen LogP contribution < -0.4 is 5.32 Å². The topological polar surface area (TPSA) is 64.1 Å². The molecule has 0 unspecified atom stereocenters. The van der Waals surface area contributed by atoms with Crippen molar-refractivity contribution in [3.8, 4) is 0 Å². The molecule has 1 aromatic heterocycles. The lowest BCUT2D eigenvalue weighted by atomic mass is 10.2. The molecule has 0 aliphatic rings. The largest absolute Gasteiger partial charge is 0.462 e. The van der Waals surface area contributed by atoms with Crippen LogP contribution in [0.5, 0.6) is 0 Å². The molecule has 1 aromatic rings. The Morgan fingerprint density at radius 2 is 2.26 bits per heavy atom. The van der Waals surface area contributed by atoms with Gasteiger partial charge in [-0.25, -0.2) is 14.8 Å². The number of nitrogens with one attached hydrogen (secondary N) is 1. The fourth-order valence-corrected chi connectivity index (χ4v) is 2.03. The molecule has 0 saturated heterocycles. The van der Waals surface area contributed by atoms with E-state index < -0.39 is 0 Å². The van der Waals surface area contributed by atoms with Gasteiger partial charge in [-0.1, -0.05) is 0 Å². The first-order valence-corrected chi connectivity index (χ1v) is 7.82. The van der Waals surface area contributed by atoms with Gasteiger partial charge in [-0.2, -0.15) is 11.8 Å². The number of ether oxygens (including phenoxy) is 1. The maximum absolute atomic E-state index is 11.6. The van der Waals surface area contributed by atoms with E-state index in [0.717, 1.165) is 13.0 Å². The number of hydrogen-bond acceptors (Lipinski definition) is 6. The summed E-state index contributed by atoms with van der Waals surface area (Å²) in [5, 5.41) is 3.16. The number of thioether (sulfide) groups is 1. The summed E-state index contributed by atoms with van der Waals surface area (Å²) in [5.74, 6) is 1.37. The maximum atomic E-state index is 11.6. The van der Waals surface area contributed by atoms with Crippen molar-refractivity contribution in [1.82, 2.24) is 9.97 Å². The molecule has 106 valence electrons. The van der Waals surface area contributed by atoms with Crippen LogP contribution >= 0.6 is 11.8 Å². The summed E-state index contributed by atoms with van der Waals surface area (Å²) in [6, 6.07) is 0. The molecule has 1 N–H and O–H groups in total. The lowest BCUT2D eigenvalue weighted by Gasteiger charge is -2.08. The Labute approximate surface area is 118 Å². The SMILES string of the molecule is CCOC(=O)c1cnc(NCCCCSC)nc1C. The molecule has 5 nitrogen and oxygen atoms in total. The lowest BCUT2D eigenvalue weighted by molar-refractivity contribution is 0.0524. The average molecular weight is 283 g/mol. The average Bonchev–Trinajstić information content (AvgIpc) is 2.39. The van der Waals surface area contributed by atoms with Crippen molar-refractivity contribution in [1.29, 1.82) is 0 Å². The van der Waals surface area contributed by atoms with Gasteiger partial charge in [0, 0.05) is 12.7 Å². The molecular formula is C13H21N3O2S. The summed E-state index contributed by atoms with van der Waals surface area (Å²) in [7, 11) is 0. The Kier molecular flexibility index (Phi) is 7.25. The summed E-state index contributed by atoms with van der Waals surface area (Å²) >= 11 is 1.85. The molecule has 1 rings (SSSR count). The number of unbranched alkanes of at least 4 members (excludes halogenated alkanes) is 1. The molecule has 0 radical (unpaired) electrons. The highest BCUT2D eigenvalue weighted by Crippen LogP contribution is 2.09. The van der Waals surface area contributed by atoms with Crippen molar-refractivity contribution in [2.75, 3.05) is 30.5 Å². The fraction of sp³-hybridized carbons (Fsp3) is 0.615. The van der Waals surface area contributed by atoms with Gasteiger partial charge < -0.3 is 10.1 Å². The van der Waals surface area contributed by atoms with Crippen LogP contribution in [0.1, 0.15) is 35.8 Å². The predicted octanol–water partition coefficient (Wildman–Crippen LogP) is 2.52. The highest BCUT2D eigenvalue weighted by Gasteiger charge is 2.12. The van der Waals surface area contributed by atoms with E-state index >= 15 is 0 Å². The Balaban J connectivity index is 2.49. The van der Waals surface area contributed by atoms with Crippen molar-refractivity contribution >= 4 is 23.7 Å². The second-order valence-corrected chi connectivity index (χ2v) is 5.03. The number of rotatable bonds is 8. The van der Waals surface area contributed by atoms with Crippen molar-refractivity contribution in [2.24, 2.45) is 0 Å². The molecule has 0 amide bonds. The van der Waals surface area contributed by atoms with Gasteiger partial charge >= 0.3 is 5.97 Å². The minimum absolute atomic E-state index is 0.355. The van der Waals surface area contributed by atoms with Crippen molar-refractivity contribution < 1.29 is 9.53 Å². The first-order chi connectivity index (χ1) is 9.19. The normalized spacial score (nSPS) is 10.3. The number of aryl methyl sites for hydroxylation is 1. The second kappa shape index (κ2) is 8.74. The monoisotopic (exact) mass is 283 g/mol. The Morgan fingerprint density at radius 1 is 1.47 bits per heavy atom. The molecule has 6 heteroatoms. The van der Waals surface area contributed by atoms with Crippen molar-refractivity contribution in [3.63, 3.8) is 0 Å². The highest BCUT2D eigenvalue weighted by molar-refractivity contribution is 7.98. The second-order valence-electron chi connectivity index (χ2n) is 4.04. The van der Waals surface area contributed by atoms with Crippen LogP contribution in [0, 0.1) is 6.92 Å². The molecule has 0 aliphatic carbocycles. The van der Waals surface area contributed by atoms with Crippen molar-refractivity contribution in [2.45, 2.75) is 26.7 Å². The van der Waals surface area contributed by atoms with Gasteiger partial charge in [-0.05, 0) is 38.7 Å². The quantitative estimate of drug-likeness (QED) is 0.584. The van der Waals surface area contributed by atoms with Crippen LogP contribution in [0.3, 0.4) is 0 Å². The molecule has 0 spiro atoms. The predicted molar refractivity (Wildman–Crippen MR) is 78.8 cm³/mol. The van der Waals surface area contributed by atoms with Gasteiger partial charge in [-0.15, -0.1) is 0 Å². The number of anilines is 1. The van der Waals surface area contributed by atoms with E-state index in [9.17, 15) is 4.79 Å². The standard InChI is InChI=1S/C13H21N3O2S/c1-4-18-12(17)11-9-15-13(16-10(11)2)14-7-5-6-8-19-3/h9H,4-8H2,1-3H3,(H,14,15,16). The zero-order valence-electron chi connectivity index (χ0n) is 11.7. The number of aromatic nitrogens is 2. The molecule has 0 bridgehead atoms. The fourth-order valence-electron chi connectivity index (χ4n) is 1.53. The summed E-state index contributed by atoms with van der Waals surface area (Å²) in [6.45, 7) is 4.76. The zero-order chi connectivity index (χ0) is 14.1. The molecule has 0 fully saturated rings. The van der Waals surface area contributed by atoms with Crippen LogP contribution in [-0.4, -0.2) is 41.1 Å². The lowest BCUT2D eigenvalue weighted by Crippen LogP contribution is -2.12. The Hall–Kier alpha value is -1.30. The number of hydrogen-bond donors (Lipinski definition) is 1. The van der Waals surface area contributed by atoms with E-state index in [2.05, 4.69) is 21.5 Å². The van der Waals surface area contributed by atoms with Crippen molar-refractivity contribution in [3.05, 3.63) is 17.5 Å². The minimum atomic E-state index is -0.369. The molecule has 0 saturated carbocycles. The maximum Gasteiger partial charge on any atom is 0.341 e. The van der Waals surface area contributed by atoms with Gasteiger partial charge in [0.15, 0.2) is 0 Å². The molecular weight excluding hydrogens is 262 g/mol. The Morgan fingerprint density at radius 3 is 2.89 bits per heavy atom. The number of nitrogens with zero attached hydrogens (tertiary/aromatic N) is 2. The molecule has 19 heavy (non-hydrogen) atoms. The van der Waals surface area contributed by atoms with Crippen LogP contribution in [0.4, 0.5) is 5.95 Å². The van der Waals surface area contributed by atoms with Crippen LogP contribution in [0.15, 0.2) is 6.20 Å². The zero-order valence-corrected chi connectivity index (χ0v) is 12.5. The van der Waals surface area contributed by atoms with Gasteiger partial charge in [0.1, 0.15) is 0 Å². The van der Waals surface area contributed by atoms with E-state index in [1.54, 1.807) is 13.8 Å². The number of esters is 1. The smallest absolute Gasteiger partial charge is 0.341 e. The van der Waals surface area contributed by atoms with Gasteiger partial charge in [0.2, 0.25) is 5.95 Å². The van der Waals surface area contributed by atoms with E-state index in [4.69, 9.17) is 4.74 Å². The van der Waals surface area contributed by atoms with Crippen LogP contribution in [-0.2, 0) is 4.74 Å². The Bertz CT molecular complexity index is 413. The van der Waals surface area contributed by atoms with E-state index in [1.165, 1.54) is 18.4 Å². The van der Waals surface area contributed by atoms with E-state index in [1.807, 2.05) is 11.8 Å². The summed E-state index contributed by atoms with van der Waals surface area (Å²) in [6.07, 6.45) is 5.88. The molecule has 0 atom stereocenters. The van der Waals surface area contributed by atoms with Crippen LogP contribution in [0.2, 0.25) is 0 Å². The number of carbonyl (C=O) groups is 1. The van der Waals surface area contributed by atoms with Gasteiger partial charge in [0.25, 0.3) is 0 Å². The van der Waals surface area contributed by atoms with E-state index in [-0.39, 0.29) is 5.97 Å². The first-order valence-electron chi connectivity index (χ1n) is 6.42. The third kappa shape index (κ3) is 5.46. The summed E-state index contributed by atoms with van der Waals surface area (Å²) in [4.78, 5) is 20.0. The summed E-state index contributed by atoms with van der Waals surface area (Å²) < 4.78 is 4.93. The van der Waals surface area contributed by atoms with Gasteiger partial charge in [-0.3, -0.25) is 0 Å². The molecule has 0 aliphatic heterocycles. The highest BCUT2D eigenvalue weighted by atomic mass is 32.2. The molecule has 0 aromatic carbocycles. The minimum Gasteiger partial charge on any atom is -0.462 e. The number of carbonyl (C=O) groups excluding carboxylic acids is 1.